The highest BCUT2D eigenvalue weighted by molar-refractivity contribution is 5.84. The van der Waals surface area contributed by atoms with Gasteiger partial charge < -0.3 is 4.74 Å². The minimum Gasteiger partial charge on any atom is -0.492 e. The molecule has 1 aromatic heterocycles. The van der Waals surface area contributed by atoms with Crippen LogP contribution in [0, 0.1) is 0 Å². The molecule has 1 aromatic carbocycles. The molecular weight excluding hydrogens is 210 g/mol. The Morgan fingerprint density at radius 1 is 1.00 bits per heavy atom. The van der Waals surface area contributed by atoms with E-state index in [1.165, 1.54) is 0 Å². The lowest BCUT2D eigenvalue weighted by Crippen LogP contribution is -1.92. The van der Waals surface area contributed by atoms with E-state index < -0.39 is 0 Å². The first kappa shape index (κ1) is 15.4. The lowest BCUT2D eigenvalue weighted by Gasteiger charge is -2.05. The van der Waals surface area contributed by atoms with Gasteiger partial charge in [-0.3, -0.25) is 4.98 Å². The van der Waals surface area contributed by atoms with Crippen molar-refractivity contribution in [1.29, 1.82) is 0 Å². The van der Waals surface area contributed by atoms with E-state index in [2.05, 4.69) is 4.98 Å². The molecule has 0 aliphatic heterocycles. The summed E-state index contributed by atoms with van der Waals surface area (Å²) >= 11 is 0. The Bertz CT molecular complexity index is 407. The normalized spacial score (nSPS) is 8.53. The molecule has 0 aliphatic carbocycles. The Kier molecular flexibility index (Phi) is 8.75. The van der Waals surface area contributed by atoms with E-state index in [1.807, 2.05) is 65.0 Å². The third-order valence-electron chi connectivity index (χ3n) is 1.90. The second-order valence-corrected chi connectivity index (χ2v) is 2.76. The van der Waals surface area contributed by atoms with Gasteiger partial charge >= 0.3 is 0 Å². The molecule has 0 aliphatic rings. The third-order valence-corrected chi connectivity index (χ3v) is 1.90. The summed E-state index contributed by atoms with van der Waals surface area (Å²) in [6.07, 6.45) is 1.78. The lowest BCUT2D eigenvalue weighted by molar-refractivity contribution is 0.343. The zero-order valence-electron chi connectivity index (χ0n) is 11.5. The van der Waals surface area contributed by atoms with E-state index in [4.69, 9.17) is 4.74 Å². The van der Waals surface area contributed by atoms with Crippen LogP contribution in [0.3, 0.4) is 0 Å². The summed E-state index contributed by atoms with van der Waals surface area (Å²) in [5.41, 5.74) is 0.937. The molecule has 0 saturated carbocycles. The van der Waals surface area contributed by atoms with Gasteiger partial charge in [0.2, 0.25) is 0 Å². The number of aromatic nitrogens is 1. The zero-order chi connectivity index (χ0) is 13.1. The molecule has 0 spiro atoms. The minimum atomic E-state index is 0.676. The molecule has 2 aromatic rings. The van der Waals surface area contributed by atoms with Crippen LogP contribution in [0.15, 0.2) is 36.5 Å². The van der Waals surface area contributed by atoms with Crippen LogP contribution in [0.1, 0.15) is 34.6 Å². The first-order valence-corrected chi connectivity index (χ1v) is 6.38. The summed E-state index contributed by atoms with van der Waals surface area (Å²) < 4.78 is 5.46. The molecule has 0 N–H and O–H groups in total. The van der Waals surface area contributed by atoms with Gasteiger partial charge in [-0.2, -0.15) is 0 Å². The minimum absolute atomic E-state index is 0.676. The molecular formula is C15H23NO. The molecule has 0 bridgehead atoms. The van der Waals surface area contributed by atoms with Crippen molar-refractivity contribution in [3.05, 3.63) is 36.5 Å². The van der Waals surface area contributed by atoms with Gasteiger partial charge in [0.25, 0.3) is 0 Å². The predicted octanol–water partition coefficient (Wildman–Crippen LogP) is 4.69. The van der Waals surface area contributed by atoms with Crippen molar-refractivity contribution in [3.8, 4) is 5.75 Å². The Morgan fingerprint density at radius 2 is 1.65 bits per heavy atom. The lowest BCUT2D eigenvalue weighted by atomic mass is 10.2. The third kappa shape index (κ3) is 4.43. The summed E-state index contributed by atoms with van der Waals surface area (Å²) in [5, 5.41) is 1.12. The largest absolute Gasteiger partial charge is 0.492 e. The van der Waals surface area contributed by atoms with Gasteiger partial charge in [0, 0.05) is 11.6 Å². The smallest absolute Gasteiger partial charge is 0.145 e. The van der Waals surface area contributed by atoms with Crippen LogP contribution < -0.4 is 4.74 Å². The first-order valence-electron chi connectivity index (χ1n) is 6.38. The van der Waals surface area contributed by atoms with Crippen LogP contribution in [-0.2, 0) is 0 Å². The maximum Gasteiger partial charge on any atom is 0.145 e. The van der Waals surface area contributed by atoms with Crippen LogP contribution in [0.2, 0.25) is 0 Å². The van der Waals surface area contributed by atoms with Gasteiger partial charge in [-0.1, -0.05) is 45.9 Å². The molecule has 17 heavy (non-hydrogen) atoms. The number of rotatable bonds is 2. The maximum atomic E-state index is 5.46. The van der Waals surface area contributed by atoms with Gasteiger partial charge in [-0.15, -0.1) is 0 Å². The zero-order valence-corrected chi connectivity index (χ0v) is 11.5. The average molecular weight is 233 g/mol. The maximum absolute atomic E-state index is 5.46. The van der Waals surface area contributed by atoms with Crippen LogP contribution in [0.5, 0.6) is 5.75 Å². The van der Waals surface area contributed by atoms with Crippen LogP contribution in [0.25, 0.3) is 10.9 Å². The Labute approximate surface area is 105 Å². The standard InChI is InChI=1S/C11H11NO.2C2H6/c1-2-13-10-7-3-5-9-6-4-8-12-11(9)10;2*1-2/h3-8H,2H2,1H3;2*1-2H3. The van der Waals surface area contributed by atoms with Crippen molar-refractivity contribution in [3.63, 3.8) is 0 Å². The average Bonchev–Trinajstić information content (AvgIpc) is 2.44. The Morgan fingerprint density at radius 3 is 2.29 bits per heavy atom. The summed E-state index contributed by atoms with van der Waals surface area (Å²) in [7, 11) is 0. The van der Waals surface area contributed by atoms with Gasteiger partial charge in [0.05, 0.1) is 6.61 Å². The topological polar surface area (TPSA) is 22.1 Å². The summed E-state index contributed by atoms with van der Waals surface area (Å²) in [6, 6.07) is 9.92. The fourth-order valence-electron chi connectivity index (χ4n) is 1.35. The van der Waals surface area contributed by atoms with E-state index in [0.29, 0.717) is 6.61 Å². The second kappa shape index (κ2) is 9.64. The predicted molar refractivity (Wildman–Crippen MR) is 75.6 cm³/mol. The van der Waals surface area contributed by atoms with E-state index >= 15 is 0 Å². The highest BCUT2D eigenvalue weighted by Gasteiger charge is 2.00. The quantitative estimate of drug-likeness (QED) is 0.751. The number of hydrogen-bond donors (Lipinski definition) is 0. The van der Waals surface area contributed by atoms with Crippen molar-refractivity contribution in [2.45, 2.75) is 34.6 Å². The monoisotopic (exact) mass is 233 g/mol. The fraction of sp³-hybridized carbons (Fsp3) is 0.400. The number of nitrogens with zero attached hydrogens (tertiary/aromatic N) is 1. The first-order chi connectivity index (χ1) is 8.42. The molecule has 0 radical (unpaired) electrons. The Balaban J connectivity index is 0.000000581. The highest BCUT2D eigenvalue weighted by Crippen LogP contribution is 2.22. The Hall–Kier alpha value is -1.57. The summed E-state index contributed by atoms with van der Waals surface area (Å²) in [6.45, 7) is 10.7. The van der Waals surface area contributed by atoms with Crippen LogP contribution in [-0.4, -0.2) is 11.6 Å². The molecule has 94 valence electrons. The van der Waals surface area contributed by atoms with Crippen LogP contribution in [0.4, 0.5) is 0 Å². The van der Waals surface area contributed by atoms with E-state index in [-0.39, 0.29) is 0 Å². The van der Waals surface area contributed by atoms with E-state index in [9.17, 15) is 0 Å². The number of ether oxygens (including phenoxy) is 1. The second-order valence-electron chi connectivity index (χ2n) is 2.76. The molecule has 1 heterocycles. The highest BCUT2D eigenvalue weighted by atomic mass is 16.5. The van der Waals surface area contributed by atoms with E-state index in [0.717, 1.165) is 16.7 Å². The van der Waals surface area contributed by atoms with Crippen molar-refractivity contribution >= 4 is 10.9 Å². The van der Waals surface area contributed by atoms with Crippen LogP contribution >= 0.6 is 0 Å². The molecule has 0 fully saturated rings. The molecule has 2 heteroatoms. The van der Waals surface area contributed by atoms with Gasteiger partial charge in [0.15, 0.2) is 0 Å². The molecule has 0 atom stereocenters. The number of para-hydroxylation sites is 1. The molecule has 2 nitrogen and oxygen atoms in total. The molecule has 0 saturated heterocycles. The number of fused-ring (bicyclic) bond motifs is 1. The fourth-order valence-corrected chi connectivity index (χ4v) is 1.35. The van der Waals surface area contributed by atoms with Gasteiger partial charge in [-0.25, -0.2) is 0 Å². The van der Waals surface area contributed by atoms with Crippen molar-refractivity contribution in [2.24, 2.45) is 0 Å². The van der Waals surface area contributed by atoms with Gasteiger partial charge in [0.1, 0.15) is 11.3 Å². The van der Waals surface area contributed by atoms with E-state index in [1.54, 1.807) is 6.20 Å². The summed E-state index contributed by atoms with van der Waals surface area (Å²) in [4.78, 5) is 4.27. The van der Waals surface area contributed by atoms with Crippen molar-refractivity contribution < 1.29 is 4.74 Å². The number of pyridine rings is 1. The molecule has 0 amide bonds. The SMILES string of the molecule is CC.CC.CCOc1cccc2cccnc12. The molecule has 2 rings (SSSR count). The summed E-state index contributed by atoms with van der Waals surface area (Å²) in [5.74, 6) is 0.862. The number of benzene rings is 1. The molecule has 0 unspecified atom stereocenters. The van der Waals surface area contributed by atoms with Gasteiger partial charge in [-0.05, 0) is 19.1 Å². The number of hydrogen-bond acceptors (Lipinski definition) is 2. The van der Waals surface area contributed by atoms with Crippen molar-refractivity contribution in [1.82, 2.24) is 4.98 Å². The van der Waals surface area contributed by atoms with Crippen molar-refractivity contribution in [2.75, 3.05) is 6.61 Å².